The van der Waals surface area contributed by atoms with Gasteiger partial charge in [-0.15, -0.1) is 0 Å². The molecule has 120 valence electrons. The molecule has 1 aliphatic rings. The minimum Gasteiger partial charge on any atom is -0.492 e. The van der Waals surface area contributed by atoms with E-state index in [1.54, 1.807) is 6.07 Å². The number of aromatic amines is 1. The largest absolute Gasteiger partial charge is 0.492 e. The van der Waals surface area contributed by atoms with Gasteiger partial charge < -0.3 is 20.2 Å². The van der Waals surface area contributed by atoms with Crippen molar-refractivity contribution in [2.24, 2.45) is 5.92 Å². The van der Waals surface area contributed by atoms with E-state index >= 15 is 0 Å². The molecule has 1 saturated heterocycles. The van der Waals surface area contributed by atoms with E-state index in [0.717, 1.165) is 26.1 Å². The van der Waals surface area contributed by atoms with Crippen molar-refractivity contribution < 1.29 is 9.47 Å². The van der Waals surface area contributed by atoms with Gasteiger partial charge in [0.15, 0.2) is 0 Å². The monoisotopic (exact) mass is 305 g/mol. The summed E-state index contributed by atoms with van der Waals surface area (Å²) < 4.78 is 11.2. The van der Waals surface area contributed by atoms with Crippen molar-refractivity contribution >= 4 is 16.7 Å². The van der Waals surface area contributed by atoms with Crippen LogP contribution in [0.25, 0.3) is 10.9 Å². The van der Waals surface area contributed by atoms with Gasteiger partial charge in [0.25, 0.3) is 0 Å². The molecule has 1 aromatic heterocycles. The molecule has 0 saturated carbocycles. The lowest BCUT2D eigenvalue weighted by molar-refractivity contribution is 0.0500. The van der Waals surface area contributed by atoms with Crippen LogP contribution in [0.5, 0.6) is 5.75 Å². The maximum atomic E-state index is 11.3. The number of ether oxygens (including phenoxy) is 2. The van der Waals surface area contributed by atoms with E-state index in [4.69, 9.17) is 15.2 Å². The third-order valence-electron chi connectivity index (χ3n) is 3.56. The summed E-state index contributed by atoms with van der Waals surface area (Å²) in [6, 6.07) is 5.46. The van der Waals surface area contributed by atoms with Gasteiger partial charge in [0.1, 0.15) is 11.6 Å². The van der Waals surface area contributed by atoms with E-state index in [1.807, 2.05) is 26.0 Å². The van der Waals surface area contributed by atoms with Gasteiger partial charge >= 0.3 is 5.69 Å². The second-order valence-electron chi connectivity index (χ2n) is 4.97. The summed E-state index contributed by atoms with van der Waals surface area (Å²) in [5.74, 6) is 1.36. The number of H-pyrrole nitrogens is 1. The van der Waals surface area contributed by atoms with Gasteiger partial charge in [-0.05, 0) is 30.9 Å². The zero-order chi connectivity index (χ0) is 15.9. The first-order chi connectivity index (χ1) is 10.7. The summed E-state index contributed by atoms with van der Waals surface area (Å²) in [5.41, 5.74) is 6.03. The number of hydrogen-bond donors (Lipinski definition) is 2. The van der Waals surface area contributed by atoms with Gasteiger partial charge in [-0.2, -0.15) is 4.98 Å². The Labute approximate surface area is 129 Å². The average Bonchev–Trinajstić information content (AvgIpc) is 2.55. The number of nitrogen functional groups attached to an aromatic ring is 1. The number of fused-ring (bicyclic) bond motifs is 1. The molecular formula is C16H23N3O3. The van der Waals surface area contributed by atoms with Crippen molar-refractivity contribution in [3.05, 3.63) is 28.7 Å². The Bertz CT molecular complexity index is 663. The third-order valence-corrected chi connectivity index (χ3v) is 3.56. The maximum Gasteiger partial charge on any atom is 0.347 e. The fourth-order valence-electron chi connectivity index (χ4n) is 2.45. The predicted octanol–water partition coefficient (Wildman–Crippen LogP) is 2.34. The second kappa shape index (κ2) is 7.79. The number of nitrogens with zero attached hydrogens (tertiary/aromatic N) is 1. The summed E-state index contributed by atoms with van der Waals surface area (Å²) >= 11 is 0. The SMILES string of the molecule is CC.Nc1nc(=O)[nH]c2cccc(OCC3CCOCC3)c12. The number of anilines is 1. The molecule has 0 atom stereocenters. The fourth-order valence-corrected chi connectivity index (χ4v) is 2.45. The predicted molar refractivity (Wildman–Crippen MR) is 87.2 cm³/mol. The maximum absolute atomic E-state index is 11.3. The molecule has 3 rings (SSSR count). The van der Waals surface area contributed by atoms with Crippen LogP contribution in [-0.4, -0.2) is 29.8 Å². The van der Waals surface area contributed by atoms with E-state index in [2.05, 4.69) is 9.97 Å². The summed E-state index contributed by atoms with van der Waals surface area (Å²) in [7, 11) is 0. The zero-order valence-electron chi connectivity index (χ0n) is 13.1. The Kier molecular flexibility index (Phi) is 5.77. The Balaban J connectivity index is 0.000000847. The van der Waals surface area contributed by atoms with Gasteiger partial charge in [-0.3, -0.25) is 0 Å². The van der Waals surface area contributed by atoms with Gasteiger partial charge in [-0.25, -0.2) is 4.79 Å². The lowest BCUT2D eigenvalue weighted by atomic mass is 10.0. The van der Waals surface area contributed by atoms with E-state index in [9.17, 15) is 4.79 Å². The molecule has 0 unspecified atom stereocenters. The van der Waals surface area contributed by atoms with E-state index in [-0.39, 0.29) is 5.82 Å². The highest BCUT2D eigenvalue weighted by Gasteiger charge is 2.16. The van der Waals surface area contributed by atoms with Crippen LogP contribution in [0, 0.1) is 5.92 Å². The summed E-state index contributed by atoms with van der Waals surface area (Å²) in [6.45, 7) is 6.21. The van der Waals surface area contributed by atoms with Crippen LogP contribution in [0.4, 0.5) is 5.82 Å². The molecule has 0 aliphatic carbocycles. The Morgan fingerprint density at radius 1 is 1.36 bits per heavy atom. The van der Waals surface area contributed by atoms with Crippen LogP contribution in [0.2, 0.25) is 0 Å². The van der Waals surface area contributed by atoms with E-state index in [1.165, 1.54) is 0 Å². The Morgan fingerprint density at radius 2 is 2.09 bits per heavy atom. The highest BCUT2D eigenvalue weighted by atomic mass is 16.5. The van der Waals surface area contributed by atoms with Crippen LogP contribution in [0.1, 0.15) is 26.7 Å². The standard InChI is InChI=1S/C14H17N3O3.C2H6/c15-13-12-10(16-14(18)17-13)2-1-3-11(12)20-8-9-4-6-19-7-5-9;1-2/h1-3,9H,4-8H2,(H3,15,16,17,18);1-2H3. The lowest BCUT2D eigenvalue weighted by Gasteiger charge is -2.22. The van der Waals surface area contributed by atoms with E-state index < -0.39 is 5.69 Å². The van der Waals surface area contributed by atoms with Crippen molar-refractivity contribution in [1.29, 1.82) is 0 Å². The highest BCUT2D eigenvalue weighted by Crippen LogP contribution is 2.28. The molecule has 2 aromatic rings. The summed E-state index contributed by atoms with van der Waals surface area (Å²) in [6.07, 6.45) is 2.02. The first-order valence-corrected chi connectivity index (χ1v) is 7.73. The lowest BCUT2D eigenvalue weighted by Crippen LogP contribution is -2.21. The molecule has 3 N–H and O–H groups in total. The van der Waals surface area contributed by atoms with Crippen LogP contribution >= 0.6 is 0 Å². The van der Waals surface area contributed by atoms with Crippen molar-refractivity contribution in [3.63, 3.8) is 0 Å². The molecule has 0 bridgehead atoms. The topological polar surface area (TPSA) is 90.2 Å². The Hall–Kier alpha value is -2.08. The molecule has 6 nitrogen and oxygen atoms in total. The zero-order valence-corrected chi connectivity index (χ0v) is 13.1. The molecule has 22 heavy (non-hydrogen) atoms. The average molecular weight is 305 g/mol. The first-order valence-electron chi connectivity index (χ1n) is 7.73. The van der Waals surface area contributed by atoms with Crippen LogP contribution < -0.4 is 16.2 Å². The smallest absolute Gasteiger partial charge is 0.347 e. The number of benzene rings is 1. The normalized spacial score (nSPS) is 15.2. The summed E-state index contributed by atoms with van der Waals surface area (Å²) in [5, 5.41) is 0.666. The van der Waals surface area contributed by atoms with E-state index in [0.29, 0.717) is 29.2 Å². The van der Waals surface area contributed by atoms with Crippen LogP contribution in [0.3, 0.4) is 0 Å². The number of aromatic nitrogens is 2. The van der Waals surface area contributed by atoms with Crippen molar-refractivity contribution in [3.8, 4) is 5.75 Å². The first kappa shape index (κ1) is 16.3. The van der Waals surface area contributed by atoms with Gasteiger partial charge in [-0.1, -0.05) is 19.9 Å². The van der Waals surface area contributed by atoms with Gasteiger partial charge in [0, 0.05) is 13.2 Å². The molecule has 2 heterocycles. The van der Waals surface area contributed by atoms with Gasteiger partial charge in [0.2, 0.25) is 0 Å². The number of nitrogens with one attached hydrogen (secondary N) is 1. The second-order valence-corrected chi connectivity index (χ2v) is 4.97. The molecule has 1 aromatic carbocycles. The van der Waals surface area contributed by atoms with Crippen molar-refractivity contribution in [2.45, 2.75) is 26.7 Å². The van der Waals surface area contributed by atoms with Crippen molar-refractivity contribution in [2.75, 3.05) is 25.6 Å². The molecule has 1 aliphatic heterocycles. The van der Waals surface area contributed by atoms with Crippen molar-refractivity contribution in [1.82, 2.24) is 9.97 Å². The highest BCUT2D eigenvalue weighted by molar-refractivity contribution is 5.93. The number of rotatable bonds is 3. The van der Waals surface area contributed by atoms with Gasteiger partial charge in [0.05, 0.1) is 17.5 Å². The minimum absolute atomic E-state index is 0.200. The molecule has 1 fully saturated rings. The third kappa shape index (κ3) is 3.76. The Morgan fingerprint density at radius 3 is 2.82 bits per heavy atom. The summed E-state index contributed by atoms with van der Waals surface area (Å²) in [4.78, 5) is 17.7. The molecule has 6 heteroatoms. The minimum atomic E-state index is -0.448. The number of hydrogen-bond acceptors (Lipinski definition) is 5. The molecule has 0 radical (unpaired) electrons. The molecular weight excluding hydrogens is 282 g/mol. The number of nitrogens with two attached hydrogens (primary N) is 1. The molecule has 0 amide bonds. The quantitative estimate of drug-likeness (QED) is 0.908. The van der Waals surface area contributed by atoms with Crippen LogP contribution in [0.15, 0.2) is 23.0 Å². The van der Waals surface area contributed by atoms with Crippen LogP contribution in [-0.2, 0) is 4.74 Å². The molecule has 0 spiro atoms. The fraction of sp³-hybridized carbons (Fsp3) is 0.500.